The van der Waals surface area contributed by atoms with Crippen LogP contribution in [0.3, 0.4) is 0 Å². The van der Waals surface area contributed by atoms with Gasteiger partial charge in [-0.05, 0) is 40.2 Å². The summed E-state index contributed by atoms with van der Waals surface area (Å²) in [5, 5.41) is 5.08. The molecule has 1 aromatic heterocycles. The third-order valence-electron chi connectivity index (χ3n) is 2.32. The van der Waals surface area contributed by atoms with Gasteiger partial charge in [-0.25, -0.2) is 0 Å². The Labute approximate surface area is 126 Å². The van der Waals surface area contributed by atoms with Gasteiger partial charge < -0.3 is 11.1 Å². The zero-order chi connectivity index (χ0) is 13.1. The Morgan fingerprint density at radius 2 is 2.11 bits per heavy atom. The molecule has 18 heavy (non-hydrogen) atoms. The number of nitrogens with two attached hydrogens (primary N) is 1. The van der Waals surface area contributed by atoms with Crippen molar-refractivity contribution in [1.82, 2.24) is 0 Å². The fraction of sp³-hybridized carbons (Fsp3) is 0.0833. The number of carbonyl (C=O) groups excluding carboxylic acids is 1. The normalized spacial score (nSPS) is 10.3. The van der Waals surface area contributed by atoms with Crippen LogP contribution in [0.15, 0.2) is 38.6 Å². The Bertz CT molecular complexity index is 583. The summed E-state index contributed by atoms with van der Waals surface area (Å²) < 4.78 is 2.01. The topological polar surface area (TPSA) is 55.1 Å². The van der Waals surface area contributed by atoms with E-state index in [1.165, 1.54) is 11.3 Å². The number of primary amides is 1. The lowest BCUT2D eigenvalue weighted by atomic mass is 10.3. The zero-order valence-corrected chi connectivity index (χ0v) is 13.2. The maximum Gasteiger partial charge on any atom is 0.249 e. The minimum Gasteiger partial charge on any atom is -0.379 e. The minimum absolute atomic E-state index is 0.388. The van der Waals surface area contributed by atoms with Crippen LogP contribution in [0.25, 0.3) is 0 Å². The summed E-state index contributed by atoms with van der Waals surface area (Å²) in [7, 11) is 0. The first-order chi connectivity index (χ1) is 8.56. The largest absolute Gasteiger partial charge is 0.379 e. The molecule has 0 radical (unpaired) electrons. The van der Waals surface area contributed by atoms with Crippen LogP contribution in [0.5, 0.6) is 0 Å². The molecule has 3 N–H and O–H groups in total. The number of hydrogen-bond acceptors (Lipinski definition) is 3. The molecule has 0 spiro atoms. The average molecular weight is 390 g/mol. The van der Waals surface area contributed by atoms with Gasteiger partial charge in [0.05, 0.1) is 5.56 Å². The first kappa shape index (κ1) is 13.6. The Morgan fingerprint density at radius 3 is 2.78 bits per heavy atom. The molecular weight excluding hydrogens is 380 g/mol. The van der Waals surface area contributed by atoms with Gasteiger partial charge >= 0.3 is 0 Å². The van der Waals surface area contributed by atoms with Gasteiger partial charge in [0, 0.05) is 31.4 Å². The molecule has 94 valence electrons. The minimum atomic E-state index is -0.388. The van der Waals surface area contributed by atoms with Gasteiger partial charge in [0.2, 0.25) is 5.91 Å². The van der Waals surface area contributed by atoms with Gasteiger partial charge in [0.1, 0.15) is 0 Å². The molecule has 0 aliphatic heterocycles. The Balaban J connectivity index is 2.06. The second-order valence-electron chi connectivity index (χ2n) is 3.64. The molecule has 1 aromatic carbocycles. The maximum absolute atomic E-state index is 11.0. The number of nitrogens with one attached hydrogen (secondary N) is 1. The second kappa shape index (κ2) is 5.86. The summed E-state index contributed by atoms with van der Waals surface area (Å²) in [5.74, 6) is -0.388. The molecule has 6 heteroatoms. The van der Waals surface area contributed by atoms with E-state index in [9.17, 15) is 4.79 Å². The van der Waals surface area contributed by atoms with Crippen molar-refractivity contribution in [1.29, 1.82) is 0 Å². The highest BCUT2D eigenvalue weighted by Gasteiger charge is 2.05. The predicted octanol–water partition coefficient (Wildman–Crippen LogP) is 3.98. The van der Waals surface area contributed by atoms with Gasteiger partial charge in [-0.3, -0.25) is 4.79 Å². The van der Waals surface area contributed by atoms with Gasteiger partial charge in [-0.15, -0.1) is 11.3 Å². The number of hydrogen-bond donors (Lipinski definition) is 2. The molecule has 0 saturated carbocycles. The van der Waals surface area contributed by atoms with E-state index >= 15 is 0 Å². The quantitative estimate of drug-likeness (QED) is 0.830. The van der Waals surface area contributed by atoms with Crippen LogP contribution in [-0.2, 0) is 6.54 Å². The van der Waals surface area contributed by atoms with Gasteiger partial charge in [-0.2, -0.15) is 0 Å². The van der Waals surface area contributed by atoms with Crippen LogP contribution in [0.4, 0.5) is 5.69 Å². The van der Waals surface area contributed by atoms with Crippen molar-refractivity contribution < 1.29 is 4.79 Å². The van der Waals surface area contributed by atoms with Crippen molar-refractivity contribution in [3.63, 3.8) is 0 Å². The Morgan fingerprint density at radius 1 is 1.33 bits per heavy atom. The highest BCUT2D eigenvalue weighted by Crippen LogP contribution is 2.27. The fourth-order valence-corrected chi connectivity index (χ4v) is 2.98. The molecule has 0 saturated heterocycles. The van der Waals surface area contributed by atoms with E-state index in [0.717, 1.165) is 19.5 Å². The monoisotopic (exact) mass is 388 g/mol. The molecule has 0 unspecified atom stereocenters. The summed E-state index contributed by atoms with van der Waals surface area (Å²) in [6.45, 7) is 0.660. The number of benzene rings is 1. The van der Waals surface area contributed by atoms with Crippen molar-refractivity contribution in [2.75, 3.05) is 5.32 Å². The van der Waals surface area contributed by atoms with Crippen molar-refractivity contribution in [2.24, 2.45) is 5.73 Å². The van der Waals surface area contributed by atoms with E-state index in [2.05, 4.69) is 37.2 Å². The molecule has 2 rings (SSSR count). The summed E-state index contributed by atoms with van der Waals surface area (Å²) in [6, 6.07) is 7.74. The summed E-state index contributed by atoms with van der Waals surface area (Å²) in [5.41, 5.74) is 6.77. The van der Waals surface area contributed by atoms with Crippen LogP contribution in [0, 0.1) is 0 Å². The van der Waals surface area contributed by atoms with E-state index in [-0.39, 0.29) is 5.91 Å². The van der Waals surface area contributed by atoms with E-state index < -0.39 is 0 Å². The van der Waals surface area contributed by atoms with Gasteiger partial charge in [-0.1, -0.05) is 15.9 Å². The van der Waals surface area contributed by atoms with Crippen molar-refractivity contribution in [3.05, 3.63) is 49.0 Å². The number of carbonyl (C=O) groups is 1. The lowest BCUT2D eigenvalue weighted by Crippen LogP contribution is -2.09. The van der Waals surface area contributed by atoms with Crippen LogP contribution < -0.4 is 11.1 Å². The summed E-state index contributed by atoms with van der Waals surface area (Å²) in [4.78, 5) is 12.0. The second-order valence-corrected chi connectivity index (χ2v) is 6.41. The summed E-state index contributed by atoms with van der Waals surface area (Å²) in [6.07, 6.45) is 0. The molecule has 0 aliphatic carbocycles. The van der Waals surface area contributed by atoms with Crippen LogP contribution >= 0.6 is 43.2 Å². The molecular formula is C12H10Br2N2OS. The average Bonchev–Trinajstić information content (AvgIpc) is 2.79. The van der Waals surface area contributed by atoms with Crippen molar-refractivity contribution in [3.8, 4) is 0 Å². The highest BCUT2D eigenvalue weighted by atomic mass is 79.9. The van der Waals surface area contributed by atoms with Gasteiger partial charge in [0.25, 0.3) is 0 Å². The molecule has 1 amide bonds. The smallest absolute Gasteiger partial charge is 0.249 e. The van der Waals surface area contributed by atoms with E-state index in [0.29, 0.717) is 12.1 Å². The SMILES string of the molecule is NC(=O)c1csc(CNc2cc(Br)ccc2Br)c1. The van der Waals surface area contributed by atoms with Gasteiger partial charge in [0.15, 0.2) is 0 Å². The number of rotatable bonds is 4. The molecule has 3 nitrogen and oxygen atoms in total. The lowest BCUT2D eigenvalue weighted by Gasteiger charge is -2.07. The van der Waals surface area contributed by atoms with E-state index in [4.69, 9.17) is 5.73 Å². The highest BCUT2D eigenvalue weighted by molar-refractivity contribution is 9.11. The van der Waals surface area contributed by atoms with Crippen LogP contribution in [0.1, 0.15) is 15.2 Å². The maximum atomic E-state index is 11.0. The zero-order valence-electron chi connectivity index (χ0n) is 9.24. The third kappa shape index (κ3) is 3.34. The lowest BCUT2D eigenvalue weighted by molar-refractivity contribution is 0.100. The molecule has 1 heterocycles. The number of halogens is 2. The predicted molar refractivity (Wildman–Crippen MR) is 82.0 cm³/mol. The van der Waals surface area contributed by atoms with E-state index in [1.807, 2.05) is 24.3 Å². The fourth-order valence-electron chi connectivity index (χ4n) is 1.42. The number of thiophene rings is 1. The third-order valence-corrected chi connectivity index (χ3v) is 4.44. The van der Waals surface area contributed by atoms with Crippen molar-refractivity contribution >= 4 is 54.8 Å². The molecule has 0 aliphatic rings. The molecule has 2 aromatic rings. The standard InChI is InChI=1S/C12H10Br2N2OS/c13-8-1-2-10(14)11(4-8)16-5-9-3-7(6-18-9)12(15)17/h1-4,6,16H,5H2,(H2,15,17). The van der Waals surface area contributed by atoms with Crippen LogP contribution in [-0.4, -0.2) is 5.91 Å². The Kier molecular flexibility index (Phi) is 4.42. The van der Waals surface area contributed by atoms with Crippen molar-refractivity contribution in [2.45, 2.75) is 6.54 Å². The molecule has 0 fully saturated rings. The van der Waals surface area contributed by atoms with E-state index in [1.54, 1.807) is 5.38 Å². The molecule has 0 bridgehead atoms. The Hall–Kier alpha value is -0.850. The van der Waals surface area contributed by atoms with Crippen LogP contribution in [0.2, 0.25) is 0 Å². The molecule has 0 atom stereocenters. The summed E-state index contributed by atoms with van der Waals surface area (Å²) >= 11 is 8.42. The number of anilines is 1. The number of amides is 1. The first-order valence-electron chi connectivity index (χ1n) is 5.12. The first-order valence-corrected chi connectivity index (χ1v) is 7.59.